The highest BCUT2D eigenvalue weighted by Crippen LogP contribution is 2.20. The van der Waals surface area contributed by atoms with Gasteiger partial charge in [-0.1, -0.05) is 30.3 Å². The molecule has 132 valence electrons. The number of hydrogen-bond donors (Lipinski definition) is 0. The van der Waals surface area contributed by atoms with Crippen molar-refractivity contribution in [2.75, 3.05) is 5.75 Å². The first-order valence-electron chi connectivity index (χ1n) is 7.45. The van der Waals surface area contributed by atoms with E-state index in [9.17, 15) is 16.8 Å². The second-order valence-corrected chi connectivity index (χ2v) is 9.00. The molecule has 0 aliphatic carbocycles. The van der Waals surface area contributed by atoms with Gasteiger partial charge in [0, 0.05) is 5.41 Å². The summed E-state index contributed by atoms with van der Waals surface area (Å²) in [6.07, 6.45) is 0.241. The zero-order chi connectivity index (χ0) is 17.9. The van der Waals surface area contributed by atoms with Gasteiger partial charge in [-0.15, -0.1) is 0 Å². The number of ether oxygens (including phenoxy) is 1. The molecule has 1 heterocycles. The minimum atomic E-state index is -4.03. The minimum absolute atomic E-state index is 0.0336. The van der Waals surface area contributed by atoms with Gasteiger partial charge in [0.05, 0.1) is 10.6 Å². The van der Waals surface area contributed by atoms with Crippen molar-refractivity contribution in [1.82, 2.24) is 0 Å². The van der Waals surface area contributed by atoms with Gasteiger partial charge < -0.3 is 4.74 Å². The molecule has 1 unspecified atom stereocenters. The van der Waals surface area contributed by atoms with Gasteiger partial charge in [0.25, 0.3) is 10.1 Å². The van der Waals surface area contributed by atoms with E-state index in [0.29, 0.717) is 6.61 Å². The van der Waals surface area contributed by atoms with Crippen LogP contribution >= 0.6 is 0 Å². The Morgan fingerprint density at radius 3 is 2.28 bits per heavy atom. The van der Waals surface area contributed by atoms with E-state index < -0.39 is 26.1 Å². The first-order valence-corrected chi connectivity index (χ1v) is 10.6. The molecule has 0 fully saturated rings. The van der Waals surface area contributed by atoms with Crippen LogP contribution in [0, 0.1) is 0 Å². The Hall–Kier alpha value is -2.16. The van der Waals surface area contributed by atoms with Gasteiger partial charge in [0.15, 0.2) is 9.84 Å². The molecule has 8 heteroatoms. The third kappa shape index (κ3) is 4.68. The zero-order valence-corrected chi connectivity index (χ0v) is 14.7. The van der Waals surface area contributed by atoms with Gasteiger partial charge in [-0.3, -0.25) is 4.18 Å². The van der Waals surface area contributed by atoms with Gasteiger partial charge in [-0.25, -0.2) is 8.42 Å². The van der Waals surface area contributed by atoms with Crippen LogP contribution in [-0.2, 0) is 30.7 Å². The van der Waals surface area contributed by atoms with Crippen molar-refractivity contribution in [2.24, 2.45) is 0 Å². The average Bonchev–Trinajstić information content (AvgIpc) is 2.92. The van der Waals surface area contributed by atoms with Gasteiger partial charge >= 0.3 is 0 Å². The summed E-state index contributed by atoms with van der Waals surface area (Å²) in [6.45, 7) is 0.300. The van der Waals surface area contributed by atoms with Crippen LogP contribution in [0.4, 0.5) is 0 Å². The average molecular weight is 380 g/mol. The molecule has 1 atom stereocenters. The fraction of sp³-hybridized carbons (Fsp3) is 0.176. The van der Waals surface area contributed by atoms with Crippen molar-refractivity contribution in [3.8, 4) is 5.75 Å². The third-order valence-corrected chi connectivity index (χ3v) is 6.22. The van der Waals surface area contributed by atoms with Crippen LogP contribution in [0.3, 0.4) is 0 Å². The Bertz CT molecular complexity index is 962. The lowest BCUT2D eigenvalue weighted by Crippen LogP contribution is -2.20. The summed E-state index contributed by atoms with van der Waals surface area (Å²) in [4.78, 5) is -0.0336. The molecule has 6 nitrogen and oxygen atoms in total. The summed E-state index contributed by atoms with van der Waals surface area (Å²) in [5.74, 6) is 0.353. The van der Waals surface area contributed by atoms with E-state index >= 15 is 0 Å². The molecular formula is C17H16O6S2. The van der Waals surface area contributed by atoms with E-state index in [4.69, 9.17) is 8.92 Å². The van der Waals surface area contributed by atoms with E-state index in [1.165, 1.54) is 18.2 Å². The van der Waals surface area contributed by atoms with Crippen LogP contribution in [0.15, 0.2) is 71.0 Å². The Morgan fingerprint density at radius 2 is 1.68 bits per heavy atom. The molecule has 0 bridgehead atoms. The highest BCUT2D eigenvalue weighted by atomic mass is 32.2. The quantitative estimate of drug-likeness (QED) is 0.715. The second-order valence-electron chi connectivity index (χ2n) is 5.49. The SMILES string of the molecule is O=S1(=O)C=CC(OS(=O)(=O)c2ccc(COc3ccccc3)cc2)C1. The topological polar surface area (TPSA) is 86.7 Å². The van der Waals surface area contributed by atoms with Crippen molar-refractivity contribution in [3.63, 3.8) is 0 Å². The molecule has 0 N–H and O–H groups in total. The standard InChI is InChI=1S/C17H16O6S2/c18-24(19)11-10-16(13-24)23-25(20,21)17-8-6-14(7-9-17)12-22-15-4-2-1-3-5-15/h1-11,16H,12-13H2. The van der Waals surface area contributed by atoms with Gasteiger partial charge in [0.1, 0.15) is 18.5 Å². The lowest BCUT2D eigenvalue weighted by atomic mass is 10.2. The van der Waals surface area contributed by atoms with Gasteiger partial charge in [0.2, 0.25) is 0 Å². The third-order valence-electron chi connectivity index (χ3n) is 3.51. The smallest absolute Gasteiger partial charge is 0.297 e. The van der Waals surface area contributed by atoms with E-state index in [2.05, 4.69) is 0 Å². The second kappa shape index (κ2) is 6.99. The zero-order valence-electron chi connectivity index (χ0n) is 13.1. The molecule has 0 aromatic heterocycles. The molecule has 1 aliphatic heterocycles. The van der Waals surface area contributed by atoms with E-state index in [1.807, 2.05) is 30.3 Å². The molecule has 25 heavy (non-hydrogen) atoms. The van der Waals surface area contributed by atoms with Crippen molar-refractivity contribution < 1.29 is 25.8 Å². The van der Waals surface area contributed by atoms with Crippen molar-refractivity contribution in [3.05, 3.63) is 71.6 Å². The maximum Gasteiger partial charge on any atom is 0.297 e. The summed E-state index contributed by atoms with van der Waals surface area (Å²) >= 11 is 0. The van der Waals surface area contributed by atoms with Crippen molar-refractivity contribution >= 4 is 20.0 Å². The van der Waals surface area contributed by atoms with E-state index in [1.54, 1.807) is 12.1 Å². The fourth-order valence-corrected chi connectivity index (χ4v) is 4.55. The Balaban J connectivity index is 1.64. The summed E-state index contributed by atoms with van der Waals surface area (Å²) < 4.78 is 57.6. The Labute approximate surface area is 146 Å². The first-order chi connectivity index (χ1) is 11.8. The molecule has 2 aromatic rings. The molecule has 1 aliphatic rings. The predicted octanol–water partition coefficient (Wildman–Crippen LogP) is 2.28. The lowest BCUT2D eigenvalue weighted by Gasteiger charge is -2.10. The molecule has 0 saturated heterocycles. The minimum Gasteiger partial charge on any atom is -0.489 e. The lowest BCUT2D eigenvalue weighted by molar-refractivity contribution is 0.279. The number of rotatable bonds is 6. The van der Waals surface area contributed by atoms with Crippen molar-refractivity contribution in [2.45, 2.75) is 17.6 Å². The van der Waals surface area contributed by atoms with Crippen LogP contribution in [-0.4, -0.2) is 28.7 Å². The molecule has 0 radical (unpaired) electrons. The fourth-order valence-electron chi connectivity index (χ4n) is 2.26. The normalized spacial score (nSPS) is 19.0. The molecule has 0 saturated carbocycles. The maximum atomic E-state index is 12.2. The van der Waals surface area contributed by atoms with Crippen LogP contribution in [0.1, 0.15) is 5.56 Å². The van der Waals surface area contributed by atoms with Gasteiger partial charge in [-0.2, -0.15) is 8.42 Å². The molecule has 3 rings (SSSR count). The highest BCUT2D eigenvalue weighted by molar-refractivity contribution is 7.94. The number of sulfone groups is 1. The number of para-hydroxylation sites is 1. The van der Waals surface area contributed by atoms with Crippen LogP contribution in [0.25, 0.3) is 0 Å². The largest absolute Gasteiger partial charge is 0.489 e. The number of hydrogen-bond acceptors (Lipinski definition) is 6. The summed E-state index contributed by atoms with van der Waals surface area (Å²) in [7, 11) is -7.41. The molecular weight excluding hydrogens is 364 g/mol. The predicted molar refractivity (Wildman–Crippen MR) is 92.2 cm³/mol. The summed E-state index contributed by atoms with van der Waals surface area (Å²) in [5, 5.41) is 0.969. The van der Waals surface area contributed by atoms with Crippen LogP contribution in [0.5, 0.6) is 5.75 Å². The Morgan fingerprint density at radius 1 is 1.00 bits per heavy atom. The van der Waals surface area contributed by atoms with Gasteiger partial charge in [-0.05, 0) is 35.9 Å². The summed E-state index contributed by atoms with van der Waals surface area (Å²) in [5.41, 5.74) is 0.797. The molecule has 0 amide bonds. The Kier molecular flexibility index (Phi) is 4.94. The van der Waals surface area contributed by atoms with Crippen LogP contribution < -0.4 is 4.74 Å². The molecule has 2 aromatic carbocycles. The van der Waals surface area contributed by atoms with E-state index in [0.717, 1.165) is 16.7 Å². The summed E-state index contributed by atoms with van der Waals surface area (Å²) in [6, 6.07) is 15.3. The molecule has 0 spiro atoms. The first kappa shape index (κ1) is 17.7. The van der Waals surface area contributed by atoms with Crippen LogP contribution in [0.2, 0.25) is 0 Å². The number of benzene rings is 2. The maximum absolute atomic E-state index is 12.2. The van der Waals surface area contributed by atoms with E-state index in [-0.39, 0.29) is 10.6 Å². The van der Waals surface area contributed by atoms with Crippen molar-refractivity contribution in [1.29, 1.82) is 0 Å². The monoisotopic (exact) mass is 380 g/mol. The highest BCUT2D eigenvalue weighted by Gasteiger charge is 2.28.